The fourth-order valence-electron chi connectivity index (χ4n) is 1.74. The number of likely N-dealkylation sites (tertiary alicyclic amines) is 1. The second kappa shape index (κ2) is 5.00. The van der Waals surface area contributed by atoms with Crippen molar-refractivity contribution in [3.63, 3.8) is 0 Å². The molecule has 0 spiro atoms. The number of hydrogen-bond acceptors (Lipinski definition) is 3. The fourth-order valence-corrected chi connectivity index (χ4v) is 1.74. The predicted octanol–water partition coefficient (Wildman–Crippen LogP) is 1.08. The topological polar surface area (TPSA) is 49.8 Å². The maximum absolute atomic E-state index is 10.3. The van der Waals surface area contributed by atoms with E-state index < -0.39 is 5.97 Å². The van der Waals surface area contributed by atoms with Crippen LogP contribution in [0.15, 0.2) is 12.3 Å². The van der Waals surface area contributed by atoms with Crippen LogP contribution in [0.4, 0.5) is 0 Å². The average molecular weight is 199 g/mol. The van der Waals surface area contributed by atoms with E-state index in [-0.39, 0.29) is 0 Å². The second-order valence-corrected chi connectivity index (χ2v) is 3.62. The third kappa shape index (κ3) is 3.03. The summed E-state index contributed by atoms with van der Waals surface area (Å²) in [6, 6.07) is 0.351. The Labute approximate surface area is 84.2 Å². The van der Waals surface area contributed by atoms with Crippen molar-refractivity contribution in [2.45, 2.75) is 31.9 Å². The summed E-state index contributed by atoms with van der Waals surface area (Å²) in [7, 11) is 1.72. The number of aliphatic carboxylic acids is 1. The Balaban J connectivity index is 2.45. The molecule has 0 saturated carbocycles. The average Bonchev–Trinajstić information content (AvgIpc) is 2.15. The molecule has 1 saturated heterocycles. The van der Waals surface area contributed by atoms with E-state index >= 15 is 0 Å². The molecule has 1 fully saturated rings. The van der Waals surface area contributed by atoms with Gasteiger partial charge in [0.05, 0.1) is 6.10 Å². The zero-order chi connectivity index (χ0) is 10.6. The van der Waals surface area contributed by atoms with Crippen molar-refractivity contribution in [2.24, 2.45) is 0 Å². The number of methoxy groups -OCH3 is 1. The van der Waals surface area contributed by atoms with Crippen LogP contribution in [0, 0.1) is 0 Å². The number of carboxylic acids is 1. The normalized spacial score (nSPS) is 28.3. The summed E-state index contributed by atoms with van der Waals surface area (Å²) in [5, 5.41) is 8.49. The Morgan fingerprint density at radius 3 is 2.86 bits per heavy atom. The van der Waals surface area contributed by atoms with E-state index in [1.54, 1.807) is 13.3 Å². The van der Waals surface area contributed by atoms with Gasteiger partial charge in [-0.05, 0) is 19.8 Å². The molecule has 1 rings (SSSR count). The maximum Gasteiger partial charge on any atom is 0.329 e. The number of piperidine rings is 1. The van der Waals surface area contributed by atoms with Crippen molar-refractivity contribution in [1.82, 2.24) is 4.90 Å². The van der Waals surface area contributed by atoms with Gasteiger partial charge in [0.2, 0.25) is 0 Å². The molecule has 1 aliphatic rings. The molecule has 80 valence electrons. The van der Waals surface area contributed by atoms with Crippen molar-refractivity contribution >= 4 is 5.97 Å². The molecule has 1 heterocycles. The third-order valence-corrected chi connectivity index (χ3v) is 2.62. The molecular formula is C10H17NO3. The van der Waals surface area contributed by atoms with Gasteiger partial charge in [-0.15, -0.1) is 0 Å². The van der Waals surface area contributed by atoms with Crippen LogP contribution >= 0.6 is 0 Å². The first-order valence-corrected chi connectivity index (χ1v) is 4.83. The molecular weight excluding hydrogens is 182 g/mol. The largest absolute Gasteiger partial charge is 0.478 e. The van der Waals surface area contributed by atoms with E-state index in [0.29, 0.717) is 12.1 Å². The molecule has 0 aromatic rings. The monoisotopic (exact) mass is 199 g/mol. The third-order valence-electron chi connectivity index (χ3n) is 2.62. The van der Waals surface area contributed by atoms with E-state index in [9.17, 15) is 4.79 Å². The highest BCUT2D eigenvalue weighted by Gasteiger charge is 2.22. The molecule has 0 aliphatic carbocycles. The SMILES string of the molecule is COC1CCN(/C=C/C(=O)O)C(C)C1. The molecule has 0 bridgehead atoms. The van der Waals surface area contributed by atoms with Crippen LogP contribution in [-0.2, 0) is 9.53 Å². The van der Waals surface area contributed by atoms with Gasteiger partial charge in [-0.25, -0.2) is 4.79 Å². The van der Waals surface area contributed by atoms with Crippen molar-refractivity contribution in [1.29, 1.82) is 0 Å². The molecule has 14 heavy (non-hydrogen) atoms. The highest BCUT2D eigenvalue weighted by Crippen LogP contribution is 2.19. The van der Waals surface area contributed by atoms with E-state index in [1.807, 2.05) is 4.90 Å². The zero-order valence-electron chi connectivity index (χ0n) is 8.64. The van der Waals surface area contributed by atoms with Gasteiger partial charge in [-0.3, -0.25) is 0 Å². The lowest BCUT2D eigenvalue weighted by atomic mass is 10.0. The summed E-state index contributed by atoms with van der Waals surface area (Å²) >= 11 is 0. The van der Waals surface area contributed by atoms with Gasteiger partial charge in [-0.1, -0.05) is 0 Å². The van der Waals surface area contributed by atoms with E-state index in [4.69, 9.17) is 9.84 Å². The summed E-state index contributed by atoms with van der Waals surface area (Å²) in [5.74, 6) is -0.897. The van der Waals surface area contributed by atoms with Crippen LogP contribution in [0.5, 0.6) is 0 Å². The lowest BCUT2D eigenvalue weighted by Gasteiger charge is -2.36. The van der Waals surface area contributed by atoms with Crippen LogP contribution in [-0.4, -0.2) is 41.8 Å². The second-order valence-electron chi connectivity index (χ2n) is 3.62. The Hall–Kier alpha value is -1.03. The number of carboxylic acid groups (broad SMARTS) is 1. The molecule has 0 aromatic heterocycles. The standard InChI is InChI=1S/C10H17NO3/c1-8-7-9(14-2)3-5-11(8)6-4-10(12)13/h4,6,8-9H,3,5,7H2,1-2H3,(H,12,13)/b6-4+. The van der Waals surface area contributed by atoms with Crippen molar-refractivity contribution in [3.05, 3.63) is 12.3 Å². The van der Waals surface area contributed by atoms with Gasteiger partial charge >= 0.3 is 5.97 Å². The number of hydrogen-bond donors (Lipinski definition) is 1. The quantitative estimate of drug-likeness (QED) is 0.691. The van der Waals surface area contributed by atoms with Gasteiger partial charge in [0.25, 0.3) is 0 Å². The summed E-state index contributed by atoms with van der Waals surface area (Å²) in [6.07, 6.45) is 5.08. The summed E-state index contributed by atoms with van der Waals surface area (Å²) in [4.78, 5) is 12.4. The molecule has 1 N–H and O–H groups in total. The van der Waals surface area contributed by atoms with Crippen LogP contribution in [0.3, 0.4) is 0 Å². The minimum atomic E-state index is -0.897. The van der Waals surface area contributed by atoms with Crippen molar-refractivity contribution in [2.75, 3.05) is 13.7 Å². The molecule has 2 atom stereocenters. The minimum absolute atomic E-state index is 0.319. The first-order valence-electron chi connectivity index (χ1n) is 4.83. The molecule has 0 aromatic carbocycles. The number of nitrogens with zero attached hydrogens (tertiary/aromatic N) is 1. The molecule has 2 unspecified atom stereocenters. The Kier molecular flexibility index (Phi) is 3.95. The van der Waals surface area contributed by atoms with Crippen LogP contribution in [0.2, 0.25) is 0 Å². The zero-order valence-corrected chi connectivity index (χ0v) is 8.64. The number of rotatable bonds is 3. The predicted molar refractivity (Wildman–Crippen MR) is 53.0 cm³/mol. The first-order chi connectivity index (χ1) is 6.63. The lowest BCUT2D eigenvalue weighted by molar-refractivity contribution is -0.131. The van der Waals surface area contributed by atoms with Crippen molar-refractivity contribution in [3.8, 4) is 0 Å². The van der Waals surface area contributed by atoms with Gasteiger partial charge in [0, 0.05) is 32.0 Å². The molecule has 1 aliphatic heterocycles. The number of carbonyl (C=O) groups is 1. The van der Waals surface area contributed by atoms with Crippen LogP contribution < -0.4 is 0 Å². The van der Waals surface area contributed by atoms with Gasteiger partial charge in [0.15, 0.2) is 0 Å². The van der Waals surface area contributed by atoms with E-state index in [1.165, 1.54) is 6.08 Å². The summed E-state index contributed by atoms with van der Waals surface area (Å²) in [5.41, 5.74) is 0. The lowest BCUT2D eigenvalue weighted by Crippen LogP contribution is -2.39. The first kappa shape index (κ1) is 11.0. The molecule has 4 nitrogen and oxygen atoms in total. The molecule has 0 radical (unpaired) electrons. The highest BCUT2D eigenvalue weighted by molar-refractivity contribution is 5.79. The summed E-state index contributed by atoms with van der Waals surface area (Å²) < 4.78 is 5.27. The minimum Gasteiger partial charge on any atom is -0.478 e. The van der Waals surface area contributed by atoms with E-state index in [0.717, 1.165) is 19.4 Å². The van der Waals surface area contributed by atoms with Gasteiger partial charge in [0.1, 0.15) is 0 Å². The van der Waals surface area contributed by atoms with Crippen LogP contribution in [0.1, 0.15) is 19.8 Å². The Morgan fingerprint density at radius 2 is 2.36 bits per heavy atom. The Morgan fingerprint density at radius 1 is 1.64 bits per heavy atom. The maximum atomic E-state index is 10.3. The van der Waals surface area contributed by atoms with Crippen LogP contribution in [0.25, 0.3) is 0 Å². The summed E-state index contributed by atoms with van der Waals surface area (Å²) in [6.45, 7) is 2.95. The Bertz CT molecular complexity index is 227. The van der Waals surface area contributed by atoms with Gasteiger partial charge in [-0.2, -0.15) is 0 Å². The number of ether oxygens (including phenoxy) is 1. The molecule has 0 amide bonds. The van der Waals surface area contributed by atoms with Crippen molar-refractivity contribution < 1.29 is 14.6 Å². The fraction of sp³-hybridized carbons (Fsp3) is 0.700. The molecule has 4 heteroatoms. The van der Waals surface area contributed by atoms with Gasteiger partial charge < -0.3 is 14.7 Å². The van der Waals surface area contributed by atoms with E-state index in [2.05, 4.69) is 6.92 Å². The highest BCUT2D eigenvalue weighted by atomic mass is 16.5. The smallest absolute Gasteiger partial charge is 0.329 e.